The first-order chi connectivity index (χ1) is 2.81. The van der Waals surface area contributed by atoms with Gasteiger partial charge in [-0.2, -0.15) is 0 Å². The SMILES string of the molecule is C#CC([O-])C#C. The molecule has 0 amide bonds. The predicted octanol–water partition coefficient (Wildman–Crippen LogP) is -1.02. The van der Waals surface area contributed by atoms with Crippen LogP contribution >= 0.6 is 0 Å². The molecule has 0 saturated heterocycles. The molecule has 0 aromatic heterocycles. The van der Waals surface area contributed by atoms with Gasteiger partial charge in [-0.1, -0.05) is 0 Å². The lowest BCUT2D eigenvalue weighted by molar-refractivity contribution is -0.379. The minimum atomic E-state index is -1.26. The molecule has 0 aliphatic carbocycles. The van der Waals surface area contributed by atoms with Gasteiger partial charge in [0, 0.05) is 6.10 Å². The summed E-state index contributed by atoms with van der Waals surface area (Å²) in [5.74, 6) is 3.65. The third-order valence-corrected chi connectivity index (χ3v) is 0.303. The highest BCUT2D eigenvalue weighted by Crippen LogP contribution is 1.60. The van der Waals surface area contributed by atoms with Crippen LogP contribution in [0.15, 0.2) is 0 Å². The first-order valence-corrected chi connectivity index (χ1v) is 1.39. The number of terminal acetylenes is 2. The van der Waals surface area contributed by atoms with Crippen LogP contribution < -0.4 is 5.11 Å². The molecule has 0 aromatic rings. The van der Waals surface area contributed by atoms with Crippen LogP contribution in [0.25, 0.3) is 0 Å². The van der Waals surface area contributed by atoms with Crippen molar-refractivity contribution in [2.45, 2.75) is 6.10 Å². The average Bonchev–Trinajstić information content (AvgIpc) is 1.65. The summed E-state index contributed by atoms with van der Waals surface area (Å²) < 4.78 is 0. The molecule has 0 spiro atoms. The molecule has 0 bridgehead atoms. The summed E-state index contributed by atoms with van der Waals surface area (Å²) >= 11 is 0. The van der Waals surface area contributed by atoms with E-state index in [1.807, 2.05) is 11.8 Å². The van der Waals surface area contributed by atoms with Gasteiger partial charge in [0.2, 0.25) is 0 Å². The zero-order valence-electron chi connectivity index (χ0n) is 3.14. The highest BCUT2D eigenvalue weighted by atomic mass is 16.3. The summed E-state index contributed by atoms with van der Waals surface area (Å²) in [6, 6.07) is 0. The number of hydrogen-bond donors (Lipinski definition) is 0. The molecule has 30 valence electrons. The van der Waals surface area contributed by atoms with Crippen molar-refractivity contribution in [2.75, 3.05) is 0 Å². The van der Waals surface area contributed by atoms with Crippen LogP contribution in [0.2, 0.25) is 0 Å². The Kier molecular flexibility index (Phi) is 1.97. The van der Waals surface area contributed by atoms with E-state index in [2.05, 4.69) is 12.8 Å². The van der Waals surface area contributed by atoms with E-state index >= 15 is 0 Å². The molecule has 0 aromatic carbocycles. The second-order valence-electron chi connectivity index (χ2n) is 0.713. The van der Waals surface area contributed by atoms with Gasteiger partial charge in [0.25, 0.3) is 0 Å². The lowest BCUT2D eigenvalue weighted by Crippen LogP contribution is -2.19. The molecule has 0 unspecified atom stereocenters. The third kappa shape index (κ3) is 1.40. The van der Waals surface area contributed by atoms with Crippen molar-refractivity contribution < 1.29 is 5.11 Å². The summed E-state index contributed by atoms with van der Waals surface area (Å²) in [5, 5.41) is 9.79. The molecular weight excluding hydrogens is 76.1 g/mol. The molecule has 0 aliphatic rings. The summed E-state index contributed by atoms with van der Waals surface area (Å²) in [5.41, 5.74) is 0. The van der Waals surface area contributed by atoms with Crippen molar-refractivity contribution in [3.8, 4) is 24.7 Å². The first-order valence-electron chi connectivity index (χ1n) is 1.39. The molecule has 0 rings (SSSR count). The van der Waals surface area contributed by atoms with Crippen molar-refractivity contribution in [1.29, 1.82) is 0 Å². The fourth-order valence-corrected chi connectivity index (χ4v) is 0.0481. The lowest BCUT2D eigenvalue weighted by Gasteiger charge is -2.01. The van der Waals surface area contributed by atoms with Gasteiger partial charge >= 0.3 is 0 Å². The second-order valence-corrected chi connectivity index (χ2v) is 0.713. The minimum Gasteiger partial charge on any atom is -0.833 e. The molecule has 0 saturated carbocycles. The van der Waals surface area contributed by atoms with Crippen LogP contribution in [-0.2, 0) is 0 Å². The van der Waals surface area contributed by atoms with E-state index < -0.39 is 6.10 Å². The fourth-order valence-electron chi connectivity index (χ4n) is 0.0481. The zero-order valence-corrected chi connectivity index (χ0v) is 3.14. The fraction of sp³-hybridized carbons (Fsp3) is 0.200. The maximum Gasteiger partial charge on any atom is 0.00389 e. The van der Waals surface area contributed by atoms with Crippen molar-refractivity contribution in [1.82, 2.24) is 0 Å². The number of rotatable bonds is 0. The van der Waals surface area contributed by atoms with E-state index in [9.17, 15) is 5.11 Å². The van der Waals surface area contributed by atoms with Crippen LogP contribution in [0.5, 0.6) is 0 Å². The van der Waals surface area contributed by atoms with E-state index in [4.69, 9.17) is 0 Å². The van der Waals surface area contributed by atoms with Crippen molar-refractivity contribution in [2.24, 2.45) is 0 Å². The van der Waals surface area contributed by atoms with Gasteiger partial charge in [0.15, 0.2) is 0 Å². The van der Waals surface area contributed by atoms with Crippen LogP contribution in [-0.4, -0.2) is 6.10 Å². The topological polar surface area (TPSA) is 23.1 Å². The molecule has 0 fully saturated rings. The highest BCUT2D eigenvalue weighted by Gasteiger charge is 1.67. The Morgan fingerprint density at radius 2 is 1.67 bits per heavy atom. The molecule has 0 N–H and O–H groups in total. The lowest BCUT2D eigenvalue weighted by atomic mass is 10.4. The molecule has 1 heteroatoms. The van der Waals surface area contributed by atoms with Gasteiger partial charge in [0.1, 0.15) is 0 Å². The Labute approximate surface area is 37.0 Å². The summed E-state index contributed by atoms with van der Waals surface area (Å²) in [7, 11) is 0. The van der Waals surface area contributed by atoms with Gasteiger partial charge in [-0.15, -0.1) is 24.7 Å². The van der Waals surface area contributed by atoms with Gasteiger partial charge in [-0.25, -0.2) is 0 Å². The molecule has 1 nitrogen and oxygen atoms in total. The zero-order chi connectivity index (χ0) is 4.99. The van der Waals surface area contributed by atoms with Crippen LogP contribution in [0, 0.1) is 24.7 Å². The Balaban J connectivity index is 3.40. The van der Waals surface area contributed by atoms with E-state index in [1.165, 1.54) is 0 Å². The van der Waals surface area contributed by atoms with Gasteiger partial charge in [-0.05, 0) is 0 Å². The molecule has 6 heavy (non-hydrogen) atoms. The van der Waals surface area contributed by atoms with Crippen molar-refractivity contribution >= 4 is 0 Å². The van der Waals surface area contributed by atoms with E-state index in [-0.39, 0.29) is 0 Å². The van der Waals surface area contributed by atoms with E-state index in [0.29, 0.717) is 0 Å². The van der Waals surface area contributed by atoms with Gasteiger partial charge in [0.05, 0.1) is 0 Å². The van der Waals surface area contributed by atoms with E-state index in [1.54, 1.807) is 0 Å². The molecule has 0 radical (unpaired) electrons. The van der Waals surface area contributed by atoms with Gasteiger partial charge in [-0.3, -0.25) is 0 Å². The Bertz CT molecular complexity index is 88.1. The predicted molar refractivity (Wildman–Crippen MR) is 21.5 cm³/mol. The largest absolute Gasteiger partial charge is 0.833 e. The normalized spacial score (nSPS) is 6.67. The second kappa shape index (κ2) is 2.33. The van der Waals surface area contributed by atoms with Crippen molar-refractivity contribution in [3.05, 3.63) is 0 Å². The maximum absolute atomic E-state index is 9.79. The first kappa shape index (κ1) is 5.08. The maximum atomic E-state index is 9.79. The smallest absolute Gasteiger partial charge is 0.00389 e. The van der Waals surface area contributed by atoms with Crippen LogP contribution in [0.4, 0.5) is 0 Å². The van der Waals surface area contributed by atoms with Gasteiger partial charge < -0.3 is 5.11 Å². The molecular formula is C5H3O-. The minimum absolute atomic E-state index is 1.26. The summed E-state index contributed by atoms with van der Waals surface area (Å²) in [6.45, 7) is 0. The third-order valence-electron chi connectivity index (χ3n) is 0.303. The Morgan fingerprint density at radius 3 is 1.67 bits per heavy atom. The van der Waals surface area contributed by atoms with E-state index in [0.717, 1.165) is 0 Å². The Morgan fingerprint density at radius 1 is 1.33 bits per heavy atom. The summed E-state index contributed by atoms with van der Waals surface area (Å²) in [4.78, 5) is 0. The monoisotopic (exact) mass is 79.0 g/mol. The quantitative estimate of drug-likeness (QED) is 0.341. The van der Waals surface area contributed by atoms with Crippen molar-refractivity contribution in [3.63, 3.8) is 0 Å². The average molecular weight is 79.1 g/mol. The summed E-state index contributed by atoms with van der Waals surface area (Å²) in [6.07, 6.45) is 7.90. The van der Waals surface area contributed by atoms with Crippen LogP contribution in [0.1, 0.15) is 0 Å². The highest BCUT2D eigenvalue weighted by molar-refractivity contribution is 5.09. The van der Waals surface area contributed by atoms with Crippen LogP contribution in [0.3, 0.4) is 0 Å². The Hall–Kier alpha value is -0.920. The molecule has 0 heterocycles. The standard InChI is InChI=1S/C5H3O/c1-3-5(6)4-2/h1-2,5H/q-1. The number of hydrogen-bond acceptors (Lipinski definition) is 1. The molecule has 0 aliphatic heterocycles. The molecule has 0 atom stereocenters.